The molecule has 0 saturated heterocycles. The summed E-state index contributed by atoms with van der Waals surface area (Å²) in [5.74, 6) is -0.437. The van der Waals surface area contributed by atoms with Gasteiger partial charge in [-0.1, -0.05) is 6.07 Å². The van der Waals surface area contributed by atoms with E-state index in [1.807, 2.05) is 6.07 Å². The van der Waals surface area contributed by atoms with Crippen molar-refractivity contribution in [2.45, 2.75) is 16.3 Å². The lowest BCUT2D eigenvalue weighted by atomic mass is 10.2. The minimum atomic E-state index is -4.06. The minimum Gasteiger partial charge on any atom is -0.497 e. The molecule has 0 saturated carbocycles. The van der Waals surface area contributed by atoms with Gasteiger partial charge in [0.1, 0.15) is 15.6 Å². The third kappa shape index (κ3) is 4.42. The number of hydrogen-bond acceptors (Lipinski definition) is 8. The van der Waals surface area contributed by atoms with Gasteiger partial charge in [0.15, 0.2) is 0 Å². The minimum absolute atomic E-state index is 0.0115. The number of aromatic nitrogens is 1. The van der Waals surface area contributed by atoms with Gasteiger partial charge in [-0.2, -0.15) is 0 Å². The van der Waals surface area contributed by atoms with E-state index in [-0.39, 0.29) is 19.1 Å². The number of carbonyl (C=O) groups is 1. The molecule has 0 spiro atoms. The van der Waals surface area contributed by atoms with Crippen molar-refractivity contribution < 1.29 is 23.2 Å². The van der Waals surface area contributed by atoms with E-state index in [1.54, 1.807) is 18.5 Å². The van der Waals surface area contributed by atoms with Crippen molar-refractivity contribution in [3.8, 4) is 5.75 Å². The summed E-state index contributed by atoms with van der Waals surface area (Å²) in [5.41, 5.74) is 2.19. The zero-order valence-corrected chi connectivity index (χ0v) is 18.3. The van der Waals surface area contributed by atoms with Gasteiger partial charge in [-0.3, -0.25) is 15.0 Å². The van der Waals surface area contributed by atoms with Gasteiger partial charge in [0.25, 0.3) is 5.91 Å². The van der Waals surface area contributed by atoms with Gasteiger partial charge < -0.3 is 10.1 Å². The van der Waals surface area contributed by atoms with Crippen LogP contribution in [-0.2, 0) is 16.4 Å². The molecule has 11 heteroatoms. The fraction of sp³-hybridized carbons (Fsp3) is 0.111. The predicted molar refractivity (Wildman–Crippen MR) is 111 cm³/mol. The summed E-state index contributed by atoms with van der Waals surface area (Å²) in [6, 6.07) is 9.41. The standard InChI is InChI=1S/C18H16BrN3O5S2/c1-27-12-4-6-13(7-5-12)29(25,26)15-14(17(23)22-24)18(28-16(15)19)21-10-11-3-2-8-20-9-11/h2-9,21,24H,10H2,1H3,(H,22,23). The SMILES string of the molecule is COc1ccc(S(=O)(=O)c2c(Br)sc(NCc3cccnc3)c2C(=O)NO)cc1. The Morgan fingerprint density at radius 3 is 2.59 bits per heavy atom. The zero-order chi connectivity index (χ0) is 21.0. The van der Waals surface area contributed by atoms with Crippen LogP contribution in [0, 0.1) is 0 Å². The molecule has 2 heterocycles. The molecule has 0 aliphatic heterocycles. The number of rotatable bonds is 7. The molecular weight excluding hydrogens is 482 g/mol. The molecule has 152 valence electrons. The van der Waals surface area contributed by atoms with Crippen LogP contribution in [0.15, 0.2) is 62.4 Å². The number of sulfone groups is 1. The number of hydrogen-bond donors (Lipinski definition) is 3. The van der Waals surface area contributed by atoms with Crippen molar-refractivity contribution in [2.75, 3.05) is 12.4 Å². The molecule has 3 rings (SSSR count). The molecule has 0 bridgehead atoms. The summed E-state index contributed by atoms with van der Waals surface area (Å²) in [6.07, 6.45) is 3.28. The Bertz CT molecular complexity index is 1120. The number of carbonyl (C=O) groups excluding carboxylic acids is 1. The highest BCUT2D eigenvalue weighted by atomic mass is 79.9. The van der Waals surface area contributed by atoms with E-state index in [0.29, 0.717) is 17.3 Å². The topological polar surface area (TPSA) is 118 Å². The maximum Gasteiger partial charge on any atom is 0.279 e. The summed E-state index contributed by atoms with van der Waals surface area (Å²) in [6.45, 7) is 0.314. The van der Waals surface area contributed by atoms with Crippen molar-refractivity contribution in [1.82, 2.24) is 10.5 Å². The lowest BCUT2D eigenvalue weighted by Crippen LogP contribution is -2.22. The first kappa shape index (κ1) is 21.2. The average Bonchev–Trinajstić information content (AvgIpc) is 3.09. The summed E-state index contributed by atoms with van der Waals surface area (Å²) in [5, 5.41) is 12.5. The lowest BCUT2D eigenvalue weighted by molar-refractivity contribution is 0.0704. The van der Waals surface area contributed by atoms with Gasteiger partial charge in [0, 0.05) is 18.9 Å². The number of methoxy groups -OCH3 is 1. The highest BCUT2D eigenvalue weighted by Gasteiger charge is 2.32. The first-order valence-electron chi connectivity index (χ1n) is 8.17. The molecule has 1 amide bonds. The maximum absolute atomic E-state index is 13.2. The number of benzene rings is 1. The van der Waals surface area contributed by atoms with Crippen LogP contribution >= 0.6 is 27.3 Å². The number of nitrogens with one attached hydrogen (secondary N) is 2. The maximum atomic E-state index is 13.2. The van der Waals surface area contributed by atoms with Crippen LogP contribution < -0.4 is 15.5 Å². The number of amides is 1. The Kier molecular flexibility index (Phi) is 6.52. The van der Waals surface area contributed by atoms with E-state index in [1.165, 1.54) is 36.9 Å². The second-order valence-electron chi connectivity index (χ2n) is 5.74. The molecule has 8 nitrogen and oxygen atoms in total. The van der Waals surface area contributed by atoms with Crippen molar-refractivity contribution in [3.05, 3.63) is 63.7 Å². The molecule has 29 heavy (non-hydrogen) atoms. The van der Waals surface area contributed by atoms with E-state index in [9.17, 15) is 18.4 Å². The predicted octanol–water partition coefficient (Wildman–Crippen LogP) is 3.48. The molecule has 3 aromatic rings. The molecule has 0 fully saturated rings. The Morgan fingerprint density at radius 1 is 1.28 bits per heavy atom. The second-order valence-corrected chi connectivity index (χ2v) is 9.97. The van der Waals surface area contributed by atoms with Gasteiger partial charge in [0.2, 0.25) is 9.84 Å². The normalized spacial score (nSPS) is 11.1. The third-order valence-electron chi connectivity index (χ3n) is 3.97. The highest BCUT2D eigenvalue weighted by Crippen LogP contribution is 2.43. The zero-order valence-electron chi connectivity index (χ0n) is 15.0. The molecular formula is C18H16BrN3O5S2. The van der Waals surface area contributed by atoms with Crippen molar-refractivity contribution >= 4 is 48.0 Å². The fourth-order valence-electron chi connectivity index (χ4n) is 2.57. The van der Waals surface area contributed by atoms with E-state index in [4.69, 9.17) is 4.74 Å². The smallest absolute Gasteiger partial charge is 0.279 e. The number of thiophene rings is 1. The van der Waals surface area contributed by atoms with Gasteiger partial charge in [-0.05, 0) is 51.8 Å². The van der Waals surface area contributed by atoms with Crippen LogP contribution in [-0.4, -0.2) is 31.6 Å². The first-order chi connectivity index (χ1) is 13.9. The quantitative estimate of drug-likeness (QED) is 0.337. The number of pyridine rings is 1. The van der Waals surface area contributed by atoms with Crippen LogP contribution in [0.1, 0.15) is 15.9 Å². The van der Waals surface area contributed by atoms with Crippen molar-refractivity contribution in [2.24, 2.45) is 0 Å². The summed E-state index contributed by atoms with van der Waals surface area (Å²) in [7, 11) is -2.58. The van der Waals surface area contributed by atoms with Crippen molar-refractivity contribution in [3.63, 3.8) is 0 Å². The van der Waals surface area contributed by atoms with Crippen LogP contribution in [0.4, 0.5) is 5.00 Å². The average molecular weight is 498 g/mol. The van der Waals surface area contributed by atoms with E-state index in [2.05, 4.69) is 26.2 Å². The highest BCUT2D eigenvalue weighted by molar-refractivity contribution is 9.11. The van der Waals surface area contributed by atoms with Crippen LogP contribution in [0.3, 0.4) is 0 Å². The Balaban J connectivity index is 2.05. The Labute approximate surface area is 179 Å². The molecule has 2 aromatic heterocycles. The summed E-state index contributed by atoms with van der Waals surface area (Å²) in [4.78, 5) is 16.1. The van der Waals surface area contributed by atoms with E-state index < -0.39 is 15.7 Å². The number of nitrogens with zero attached hydrogens (tertiary/aromatic N) is 1. The first-order valence-corrected chi connectivity index (χ1v) is 11.3. The second kappa shape index (κ2) is 8.91. The summed E-state index contributed by atoms with van der Waals surface area (Å²) >= 11 is 4.30. The molecule has 1 aromatic carbocycles. The summed E-state index contributed by atoms with van der Waals surface area (Å²) < 4.78 is 31.7. The number of ether oxygens (including phenoxy) is 1. The van der Waals surface area contributed by atoms with Gasteiger partial charge in [-0.15, -0.1) is 11.3 Å². The molecule has 3 N–H and O–H groups in total. The van der Waals surface area contributed by atoms with Crippen LogP contribution in [0.5, 0.6) is 5.75 Å². The number of hydroxylamine groups is 1. The van der Waals surface area contributed by atoms with Gasteiger partial charge >= 0.3 is 0 Å². The van der Waals surface area contributed by atoms with E-state index in [0.717, 1.165) is 16.9 Å². The van der Waals surface area contributed by atoms with Gasteiger partial charge in [-0.25, -0.2) is 13.9 Å². The van der Waals surface area contributed by atoms with Gasteiger partial charge in [0.05, 0.1) is 21.4 Å². The molecule has 0 aliphatic rings. The van der Waals surface area contributed by atoms with Crippen molar-refractivity contribution in [1.29, 1.82) is 0 Å². The molecule has 0 atom stereocenters. The number of anilines is 1. The molecule has 0 radical (unpaired) electrons. The fourth-order valence-corrected chi connectivity index (χ4v) is 6.63. The Morgan fingerprint density at radius 2 is 2.00 bits per heavy atom. The lowest BCUT2D eigenvalue weighted by Gasteiger charge is -2.10. The van der Waals surface area contributed by atoms with Crippen LogP contribution in [0.2, 0.25) is 0 Å². The largest absolute Gasteiger partial charge is 0.497 e. The molecule has 0 unspecified atom stereocenters. The van der Waals surface area contributed by atoms with E-state index >= 15 is 0 Å². The van der Waals surface area contributed by atoms with Crippen LogP contribution in [0.25, 0.3) is 0 Å². The molecule has 0 aliphatic carbocycles. The Hall–Kier alpha value is -2.47. The monoisotopic (exact) mass is 497 g/mol. The third-order valence-corrected chi connectivity index (χ3v) is 8.02. The number of halogens is 1.